The molecule has 0 unspecified atom stereocenters. The van der Waals surface area contributed by atoms with Gasteiger partial charge in [-0.05, 0) is 19.2 Å². The third-order valence-electron chi connectivity index (χ3n) is 3.18. The van der Waals surface area contributed by atoms with Crippen molar-refractivity contribution < 1.29 is 9.32 Å². The second kappa shape index (κ2) is 7.51. The van der Waals surface area contributed by atoms with Crippen LogP contribution in [-0.4, -0.2) is 34.5 Å². The van der Waals surface area contributed by atoms with Gasteiger partial charge >= 0.3 is 0 Å². The Morgan fingerprint density at radius 2 is 1.92 bits per heavy atom. The van der Waals surface area contributed by atoms with Crippen LogP contribution < -0.4 is 5.32 Å². The third kappa shape index (κ3) is 4.93. The van der Waals surface area contributed by atoms with E-state index in [1.165, 1.54) is 0 Å². The molecule has 2 aromatic rings. The maximum absolute atomic E-state index is 12.1. The highest BCUT2D eigenvalue weighted by molar-refractivity contribution is 6.39. The van der Waals surface area contributed by atoms with Crippen LogP contribution in [0.5, 0.6) is 0 Å². The zero-order valence-electron chi connectivity index (χ0n) is 14.1. The van der Waals surface area contributed by atoms with Crippen LogP contribution in [0.4, 0.5) is 5.69 Å². The van der Waals surface area contributed by atoms with Gasteiger partial charge in [0.2, 0.25) is 11.8 Å². The molecule has 0 saturated carbocycles. The highest BCUT2D eigenvalue weighted by atomic mass is 35.5. The fourth-order valence-electron chi connectivity index (χ4n) is 1.95. The number of halogens is 2. The molecule has 24 heavy (non-hydrogen) atoms. The molecule has 1 amide bonds. The molecule has 6 nitrogen and oxygen atoms in total. The molecule has 0 fully saturated rings. The number of para-hydroxylation sites is 1. The Kier molecular flexibility index (Phi) is 5.85. The predicted octanol–water partition coefficient (Wildman–Crippen LogP) is 3.74. The zero-order valence-corrected chi connectivity index (χ0v) is 15.6. The molecule has 1 heterocycles. The largest absolute Gasteiger partial charge is 0.338 e. The monoisotopic (exact) mass is 370 g/mol. The average molecular weight is 371 g/mol. The van der Waals surface area contributed by atoms with E-state index in [2.05, 4.69) is 15.5 Å². The summed E-state index contributed by atoms with van der Waals surface area (Å²) in [5.41, 5.74) is 0.227. The Hall–Kier alpha value is -1.63. The van der Waals surface area contributed by atoms with Crippen LogP contribution in [0.15, 0.2) is 22.7 Å². The molecule has 0 radical (unpaired) electrons. The number of amides is 1. The molecule has 0 aliphatic heterocycles. The summed E-state index contributed by atoms with van der Waals surface area (Å²) in [6, 6.07) is 5.05. The number of likely N-dealkylation sites (N-methyl/N-ethyl adjacent to an activating group) is 1. The Morgan fingerprint density at radius 3 is 2.46 bits per heavy atom. The van der Waals surface area contributed by atoms with Crippen molar-refractivity contribution in [3.05, 3.63) is 40.0 Å². The molecule has 0 bridgehead atoms. The molecule has 8 heteroatoms. The summed E-state index contributed by atoms with van der Waals surface area (Å²) in [6.45, 7) is 6.52. The molecule has 0 aliphatic carbocycles. The van der Waals surface area contributed by atoms with E-state index in [0.29, 0.717) is 34.0 Å². The second-order valence-corrected chi connectivity index (χ2v) is 7.39. The molecule has 130 valence electrons. The van der Waals surface area contributed by atoms with Crippen molar-refractivity contribution in [1.82, 2.24) is 15.0 Å². The zero-order chi connectivity index (χ0) is 17.9. The number of nitrogens with one attached hydrogen (secondary N) is 1. The van der Waals surface area contributed by atoms with E-state index in [-0.39, 0.29) is 17.9 Å². The van der Waals surface area contributed by atoms with Crippen LogP contribution in [0.1, 0.15) is 32.5 Å². The van der Waals surface area contributed by atoms with Gasteiger partial charge in [0.1, 0.15) is 0 Å². The minimum atomic E-state index is -0.233. The van der Waals surface area contributed by atoms with Gasteiger partial charge in [0.05, 0.1) is 28.8 Å². The summed E-state index contributed by atoms with van der Waals surface area (Å²) >= 11 is 12.1. The molecule has 1 N–H and O–H groups in total. The van der Waals surface area contributed by atoms with Gasteiger partial charge in [-0.2, -0.15) is 4.98 Å². The molecular formula is C16H20Cl2N4O2. The van der Waals surface area contributed by atoms with E-state index in [4.69, 9.17) is 27.7 Å². The van der Waals surface area contributed by atoms with Crippen molar-refractivity contribution in [2.24, 2.45) is 0 Å². The minimum Gasteiger partial charge on any atom is -0.338 e. The van der Waals surface area contributed by atoms with E-state index in [9.17, 15) is 4.79 Å². The summed E-state index contributed by atoms with van der Waals surface area (Å²) in [5, 5.41) is 7.46. The summed E-state index contributed by atoms with van der Waals surface area (Å²) in [4.78, 5) is 18.3. The summed E-state index contributed by atoms with van der Waals surface area (Å²) in [6.07, 6.45) is 0. The van der Waals surface area contributed by atoms with Crippen molar-refractivity contribution in [2.75, 3.05) is 18.9 Å². The number of rotatable bonds is 5. The summed E-state index contributed by atoms with van der Waals surface area (Å²) in [5.74, 6) is 0.868. The Bertz CT molecular complexity index is 705. The quantitative estimate of drug-likeness (QED) is 0.867. The first-order chi connectivity index (χ1) is 11.2. The molecular weight excluding hydrogens is 351 g/mol. The predicted molar refractivity (Wildman–Crippen MR) is 94.4 cm³/mol. The number of carbonyl (C=O) groups excluding carboxylic acids is 1. The first-order valence-electron chi connectivity index (χ1n) is 7.42. The molecule has 0 saturated heterocycles. The van der Waals surface area contributed by atoms with Crippen molar-refractivity contribution >= 4 is 34.8 Å². The van der Waals surface area contributed by atoms with Crippen LogP contribution in [0, 0.1) is 0 Å². The number of benzene rings is 1. The lowest BCUT2D eigenvalue weighted by Gasteiger charge is -2.15. The Morgan fingerprint density at radius 1 is 1.29 bits per heavy atom. The molecule has 0 spiro atoms. The Labute approximate surface area is 151 Å². The maximum Gasteiger partial charge on any atom is 0.240 e. The highest BCUT2D eigenvalue weighted by Gasteiger charge is 2.21. The number of carbonyl (C=O) groups is 1. The smallest absolute Gasteiger partial charge is 0.240 e. The number of hydrogen-bond acceptors (Lipinski definition) is 5. The van der Waals surface area contributed by atoms with Crippen molar-refractivity contribution in [3.8, 4) is 0 Å². The van der Waals surface area contributed by atoms with Gasteiger partial charge in [-0.15, -0.1) is 0 Å². The molecule has 0 aliphatic rings. The first kappa shape index (κ1) is 18.7. The van der Waals surface area contributed by atoms with Crippen molar-refractivity contribution in [3.63, 3.8) is 0 Å². The van der Waals surface area contributed by atoms with Crippen LogP contribution in [0.2, 0.25) is 10.0 Å². The fraction of sp³-hybridized carbons (Fsp3) is 0.438. The molecule has 1 aromatic heterocycles. The van der Waals surface area contributed by atoms with E-state index in [1.807, 2.05) is 20.8 Å². The van der Waals surface area contributed by atoms with Gasteiger partial charge in [-0.1, -0.05) is 55.2 Å². The summed E-state index contributed by atoms with van der Waals surface area (Å²) < 4.78 is 5.22. The maximum atomic E-state index is 12.1. The fourth-order valence-corrected chi connectivity index (χ4v) is 2.44. The average Bonchev–Trinajstić information content (AvgIpc) is 2.91. The van der Waals surface area contributed by atoms with Crippen molar-refractivity contribution in [1.29, 1.82) is 0 Å². The lowest BCUT2D eigenvalue weighted by Crippen LogP contribution is -2.30. The number of aromatic nitrogens is 2. The summed E-state index contributed by atoms with van der Waals surface area (Å²) in [7, 11) is 1.79. The first-order valence-corrected chi connectivity index (χ1v) is 8.18. The van der Waals surface area contributed by atoms with Gasteiger partial charge in [0.25, 0.3) is 0 Å². The van der Waals surface area contributed by atoms with E-state index >= 15 is 0 Å². The lowest BCUT2D eigenvalue weighted by atomic mass is 9.96. The van der Waals surface area contributed by atoms with Gasteiger partial charge in [0.15, 0.2) is 5.82 Å². The van der Waals surface area contributed by atoms with E-state index in [0.717, 1.165) is 0 Å². The van der Waals surface area contributed by atoms with Gasteiger partial charge in [0, 0.05) is 5.41 Å². The van der Waals surface area contributed by atoms with E-state index < -0.39 is 0 Å². The topological polar surface area (TPSA) is 71.3 Å². The number of nitrogens with zero attached hydrogens (tertiary/aromatic N) is 3. The molecule has 1 aromatic carbocycles. The second-order valence-electron chi connectivity index (χ2n) is 6.58. The van der Waals surface area contributed by atoms with Gasteiger partial charge in [-0.3, -0.25) is 9.69 Å². The van der Waals surface area contributed by atoms with Crippen LogP contribution >= 0.6 is 23.2 Å². The third-order valence-corrected chi connectivity index (χ3v) is 3.81. The SMILES string of the molecule is CN(CC(=O)Nc1c(Cl)cccc1Cl)Cc1nc(C(C)(C)C)no1. The standard InChI is InChI=1S/C16H20Cl2N4O2/c1-16(2,3)15-20-13(24-21-15)9-22(4)8-12(23)19-14-10(17)6-5-7-11(14)18/h5-7H,8-9H2,1-4H3,(H,19,23). The van der Waals surface area contributed by atoms with Crippen molar-refractivity contribution in [2.45, 2.75) is 32.7 Å². The number of anilines is 1. The highest BCUT2D eigenvalue weighted by Crippen LogP contribution is 2.29. The molecule has 2 rings (SSSR count). The van der Waals surface area contributed by atoms with Gasteiger partial charge < -0.3 is 9.84 Å². The van der Waals surface area contributed by atoms with Crippen LogP contribution in [-0.2, 0) is 16.8 Å². The van der Waals surface area contributed by atoms with E-state index in [1.54, 1.807) is 30.1 Å². The van der Waals surface area contributed by atoms with Gasteiger partial charge in [-0.25, -0.2) is 0 Å². The Balaban J connectivity index is 1.93. The van der Waals surface area contributed by atoms with Crippen LogP contribution in [0.25, 0.3) is 0 Å². The van der Waals surface area contributed by atoms with Crippen LogP contribution in [0.3, 0.4) is 0 Å². The molecule has 0 atom stereocenters. The lowest BCUT2D eigenvalue weighted by molar-refractivity contribution is -0.117. The number of hydrogen-bond donors (Lipinski definition) is 1. The normalized spacial score (nSPS) is 11.8. The minimum absolute atomic E-state index is 0.134.